The molecule has 5 nitrogen and oxygen atoms in total. The highest BCUT2D eigenvalue weighted by molar-refractivity contribution is 7.99. The van der Waals surface area contributed by atoms with Crippen LogP contribution in [0.3, 0.4) is 0 Å². The fourth-order valence-corrected chi connectivity index (χ4v) is 3.60. The van der Waals surface area contributed by atoms with E-state index in [9.17, 15) is 9.59 Å². The number of nitrogens with one attached hydrogen (secondary N) is 1. The molecule has 0 saturated heterocycles. The minimum Gasteiger partial charge on any atom is -0.355 e. The molecule has 134 valence electrons. The number of rotatable bonds is 7. The van der Waals surface area contributed by atoms with E-state index in [0.29, 0.717) is 29.1 Å². The summed E-state index contributed by atoms with van der Waals surface area (Å²) in [7, 11) is 0. The summed E-state index contributed by atoms with van der Waals surface area (Å²) in [4.78, 5) is 29.2. The third-order valence-corrected chi connectivity index (χ3v) is 5.03. The summed E-state index contributed by atoms with van der Waals surface area (Å²) in [5.74, 6) is 0.176. The van der Waals surface area contributed by atoms with Gasteiger partial charge in [-0.15, -0.1) is 0 Å². The number of para-hydroxylation sites is 1. The van der Waals surface area contributed by atoms with Crippen molar-refractivity contribution in [2.24, 2.45) is 0 Å². The van der Waals surface area contributed by atoms with Crippen molar-refractivity contribution in [3.05, 3.63) is 70.5 Å². The van der Waals surface area contributed by atoms with E-state index < -0.39 is 0 Å². The number of fused-ring (bicyclic) bond motifs is 1. The van der Waals surface area contributed by atoms with Gasteiger partial charge in [0.15, 0.2) is 5.16 Å². The van der Waals surface area contributed by atoms with Crippen LogP contribution in [-0.2, 0) is 17.8 Å². The van der Waals surface area contributed by atoms with Crippen LogP contribution in [0.5, 0.6) is 0 Å². The van der Waals surface area contributed by atoms with Crippen LogP contribution in [0.25, 0.3) is 10.9 Å². The lowest BCUT2D eigenvalue weighted by Crippen LogP contribution is -2.28. The van der Waals surface area contributed by atoms with Crippen LogP contribution in [0.15, 0.2) is 64.5 Å². The van der Waals surface area contributed by atoms with E-state index in [1.807, 2.05) is 55.5 Å². The number of carbonyl (C=O) groups is 1. The third-order valence-electron chi connectivity index (χ3n) is 4.05. The SMILES string of the molecule is CCn1c(SCC(=O)NCCc2ccccc2)nc2ccccc2c1=O. The lowest BCUT2D eigenvalue weighted by atomic mass is 10.1. The first-order valence-electron chi connectivity index (χ1n) is 8.62. The molecular formula is C20H21N3O2S. The maximum atomic E-state index is 12.6. The predicted molar refractivity (Wildman–Crippen MR) is 106 cm³/mol. The van der Waals surface area contributed by atoms with Gasteiger partial charge >= 0.3 is 0 Å². The van der Waals surface area contributed by atoms with Crippen molar-refractivity contribution in [2.75, 3.05) is 12.3 Å². The molecule has 26 heavy (non-hydrogen) atoms. The molecule has 0 bridgehead atoms. The van der Waals surface area contributed by atoms with Crippen molar-refractivity contribution in [1.29, 1.82) is 0 Å². The van der Waals surface area contributed by atoms with Crippen molar-refractivity contribution >= 4 is 28.6 Å². The molecule has 0 spiro atoms. The quantitative estimate of drug-likeness (QED) is 0.515. The molecule has 0 atom stereocenters. The predicted octanol–water partition coefficient (Wildman–Crippen LogP) is 2.87. The van der Waals surface area contributed by atoms with Crippen molar-refractivity contribution in [3.8, 4) is 0 Å². The van der Waals surface area contributed by atoms with Gasteiger partial charge in [-0.25, -0.2) is 4.98 Å². The average Bonchev–Trinajstić information content (AvgIpc) is 2.67. The van der Waals surface area contributed by atoms with Gasteiger partial charge in [-0.05, 0) is 31.0 Å². The maximum absolute atomic E-state index is 12.6. The van der Waals surface area contributed by atoms with Gasteiger partial charge in [0, 0.05) is 13.1 Å². The van der Waals surface area contributed by atoms with Gasteiger partial charge in [-0.2, -0.15) is 0 Å². The molecule has 0 radical (unpaired) electrons. The van der Waals surface area contributed by atoms with E-state index in [1.54, 1.807) is 10.6 Å². The molecule has 0 aliphatic carbocycles. The summed E-state index contributed by atoms with van der Waals surface area (Å²) in [5, 5.41) is 4.10. The second-order valence-corrected chi connectivity index (χ2v) is 6.78. The largest absolute Gasteiger partial charge is 0.355 e. The number of benzene rings is 2. The van der Waals surface area contributed by atoms with Crippen molar-refractivity contribution in [3.63, 3.8) is 0 Å². The number of hydrogen-bond donors (Lipinski definition) is 1. The second kappa shape index (κ2) is 8.67. The Hall–Kier alpha value is -2.60. The Morgan fingerprint density at radius 2 is 1.85 bits per heavy atom. The molecule has 6 heteroatoms. The molecule has 2 aromatic carbocycles. The summed E-state index contributed by atoms with van der Waals surface area (Å²) in [6.07, 6.45) is 0.797. The molecule has 1 heterocycles. The topological polar surface area (TPSA) is 64.0 Å². The molecule has 0 fully saturated rings. The molecule has 0 aliphatic heterocycles. The second-order valence-electron chi connectivity index (χ2n) is 5.84. The minimum atomic E-state index is -0.0647. The smallest absolute Gasteiger partial charge is 0.262 e. The number of hydrogen-bond acceptors (Lipinski definition) is 4. The van der Waals surface area contributed by atoms with Gasteiger partial charge in [0.1, 0.15) is 0 Å². The average molecular weight is 367 g/mol. The minimum absolute atomic E-state index is 0.0593. The van der Waals surface area contributed by atoms with E-state index in [1.165, 1.54) is 17.3 Å². The lowest BCUT2D eigenvalue weighted by molar-refractivity contribution is -0.118. The van der Waals surface area contributed by atoms with E-state index >= 15 is 0 Å². The summed E-state index contributed by atoms with van der Waals surface area (Å²) < 4.78 is 1.62. The molecule has 0 saturated carbocycles. The number of carbonyl (C=O) groups excluding carboxylic acids is 1. The first-order valence-corrected chi connectivity index (χ1v) is 9.60. The molecule has 3 rings (SSSR count). The van der Waals surface area contributed by atoms with Gasteiger partial charge in [0.25, 0.3) is 5.56 Å². The zero-order valence-electron chi connectivity index (χ0n) is 14.6. The fraction of sp³-hybridized carbons (Fsp3) is 0.250. The normalized spacial score (nSPS) is 10.8. The highest BCUT2D eigenvalue weighted by Gasteiger charge is 2.11. The summed E-state index contributed by atoms with van der Waals surface area (Å²) in [6, 6.07) is 17.3. The van der Waals surface area contributed by atoms with E-state index in [2.05, 4.69) is 10.3 Å². The fourth-order valence-electron chi connectivity index (χ4n) is 2.71. The van der Waals surface area contributed by atoms with Gasteiger partial charge in [-0.1, -0.05) is 54.2 Å². The number of amides is 1. The van der Waals surface area contributed by atoms with Crippen LogP contribution in [0.4, 0.5) is 0 Å². The molecule has 0 aliphatic rings. The van der Waals surface area contributed by atoms with Gasteiger partial charge in [0.2, 0.25) is 5.91 Å². The molecule has 3 aromatic rings. The summed E-state index contributed by atoms with van der Waals surface area (Å²) >= 11 is 1.29. The zero-order chi connectivity index (χ0) is 18.4. The number of thioether (sulfide) groups is 1. The van der Waals surface area contributed by atoms with Gasteiger partial charge < -0.3 is 5.32 Å². The molecule has 1 aromatic heterocycles. The van der Waals surface area contributed by atoms with E-state index in [-0.39, 0.29) is 17.2 Å². The highest BCUT2D eigenvalue weighted by atomic mass is 32.2. The first kappa shape index (κ1) is 18.2. The Kier molecular flexibility index (Phi) is 6.07. The standard InChI is InChI=1S/C20H21N3O2S/c1-2-23-19(25)16-10-6-7-11-17(16)22-20(23)26-14-18(24)21-13-12-15-8-4-3-5-9-15/h3-11H,2,12-14H2,1H3,(H,21,24). The van der Waals surface area contributed by atoms with E-state index in [4.69, 9.17) is 0 Å². The van der Waals surface area contributed by atoms with Crippen LogP contribution in [0.1, 0.15) is 12.5 Å². The lowest BCUT2D eigenvalue weighted by Gasteiger charge is -2.11. The third kappa shape index (κ3) is 4.32. The van der Waals surface area contributed by atoms with Crippen molar-refractivity contribution in [2.45, 2.75) is 25.0 Å². The Bertz CT molecular complexity index is 954. The molecule has 1 amide bonds. The molecule has 1 N–H and O–H groups in total. The van der Waals surface area contributed by atoms with Crippen LogP contribution < -0.4 is 10.9 Å². The Morgan fingerprint density at radius 3 is 2.62 bits per heavy atom. The van der Waals surface area contributed by atoms with Crippen LogP contribution in [-0.4, -0.2) is 27.8 Å². The summed E-state index contributed by atoms with van der Waals surface area (Å²) in [6.45, 7) is 3.02. The Morgan fingerprint density at radius 1 is 1.12 bits per heavy atom. The Labute approximate surface area is 156 Å². The maximum Gasteiger partial charge on any atom is 0.262 e. The van der Waals surface area contributed by atoms with Crippen LogP contribution in [0.2, 0.25) is 0 Å². The van der Waals surface area contributed by atoms with E-state index in [0.717, 1.165) is 6.42 Å². The Balaban J connectivity index is 1.62. The number of nitrogens with zero attached hydrogens (tertiary/aromatic N) is 2. The molecule has 0 unspecified atom stereocenters. The van der Waals surface area contributed by atoms with Gasteiger partial charge in [0.05, 0.1) is 16.7 Å². The number of aromatic nitrogens is 2. The van der Waals surface area contributed by atoms with Gasteiger partial charge in [-0.3, -0.25) is 14.2 Å². The molecular weight excluding hydrogens is 346 g/mol. The zero-order valence-corrected chi connectivity index (χ0v) is 15.5. The highest BCUT2D eigenvalue weighted by Crippen LogP contribution is 2.17. The van der Waals surface area contributed by atoms with Crippen LogP contribution >= 0.6 is 11.8 Å². The van der Waals surface area contributed by atoms with Crippen molar-refractivity contribution in [1.82, 2.24) is 14.9 Å². The monoisotopic (exact) mass is 367 g/mol. The summed E-state index contributed by atoms with van der Waals surface area (Å²) in [5.41, 5.74) is 1.79. The van der Waals surface area contributed by atoms with Crippen molar-refractivity contribution < 1.29 is 4.79 Å². The van der Waals surface area contributed by atoms with Crippen LogP contribution in [0, 0.1) is 0 Å². The first-order chi connectivity index (χ1) is 12.7.